The largest absolute Gasteiger partial charge is 0.391 e. The molecule has 0 amide bonds. The van der Waals surface area contributed by atoms with Gasteiger partial charge in [0.2, 0.25) is 0 Å². The molecular weight excluding hydrogens is 338 g/mol. The molecule has 154 valence electrons. The number of rotatable bonds is 11. The Hall–Kier alpha value is -1.68. The van der Waals surface area contributed by atoms with E-state index in [1.54, 1.807) is 0 Å². The van der Waals surface area contributed by atoms with Crippen molar-refractivity contribution in [1.29, 1.82) is 0 Å². The van der Waals surface area contributed by atoms with Gasteiger partial charge in [0.1, 0.15) is 0 Å². The van der Waals surface area contributed by atoms with Crippen LogP contribution in [0.15, 0.2) is 24.4 Å². The van der Waals surface area contributed by atoms with E-state index in [9.17, 15) is 0 Å². The average Bonchev–Trinajstić information content (AvgIpc) is 2.66. The summed E-state index contributed by atoms with van der Waals surface area (Å²) in [6.45, 7) is 11.1. The summed E-state index contributed by atoms with van der Waals surface area (Å²) in [5.41, 5.74) is 6.76. The predicted molar refractivity (Wildman–Crippen MR) is 124 cm³/mol. The van der Waals surface area contributed by atoms with Gasteiger partial charge < -0.3 is 5.32 Å². The fraction of sp³-hybridized carbons (Fsp3) is 0.630. The first kappa shape index (κ1) is 22.6. The Morgan fingerprint density at radius 2 is 1.75 bits per heavy atom. The molecule has 0 saturated heterocycles. The molecule has 0 radical (unpaired) electrons. The minimum absolute atomic E-state index is 0.131. The number of aryl methyl sites for hydroxylation is 2. The lowest BCUT2D eigenvalue weighted by Gasteiger charge is -2.45. The van der Waals surface area contributed by atoms with Crippen molar-refractivity contribution in [3.63, 3.8) is 0 Å². The molecular formula is C27H41N. The van der Waals surface area contributed by atoms with Gasteiger partial charge in [-0.3, -0.25) is 0 Å². The first-order chi connectivity index (χ1) is 13.6. The van der Waals surface area contributed by atoms with Crippen molar-refractivity contribution in [2.45, 2.75) is 103 Å². The van der Waals surface area contributed by atoms with Crippen molar-refractivity contribution in [1.82, 2.24) is 5.32 Å². The van der Waals surface area contributed by atoms with E-state index in [4.69, 9.17) is 0 Å². The molecule has 0 bridgehead atoms. The molecule has 0 unspecified atom stereocenters. The molecule has 1 aliphatic rings. The number of likely N-dealkylation sites (N-methyl/N-ethyl adjacent to an activating group) is 1. The quantitative estimate of drug-likeness (QED) is 0.316. The van der Waals surface area contributed by atoms with Crippen LogP contribution in [0.3, 0.4) is 0 Å². The third kappa shape index (κ3) is 5.44. The maximum Gasteiger partial charge on any atom is 0.0346 e. The molecule has 1 aromatic rings. The van der Waals surface area contributed by atoms with Crippen molar-refractivity contribution in [3.05, 3.63) is 46.7 Å². The molecule has 1 N–H and O–H groups in total. The molecule has 1 nitrogen and oxygen atoms in total. The van der Waals surface area contributed by atoms with Crippen molar-refractivity contribution in [3.8, 4) is 11.8 Å². The smallest absolute Gasteiger partial charge is 0.0346 e. The predicted octanol–water partition coefficient (Wildman–Crippen LogP) is 7.20. The Labute approximate surface area is 174 Å². The van der Waals surface area contributed by atoms with Crippen LogP contribution in [0.1, 0.15) is 107 Å². The van der Waals surface area contributed by atoms with Crippen molar-refractivity contribution < 1.29 is 0 Å². The second kappa shape index (κ2) is 11.4. The van der Waals surface area contributed by atoms with Crippen molar-refractivity contribution in [2.75, 3.05) is 7.05 Å². The minimum atomic E-state index is 0.131. The molecule has 1 aromatic carbocycles. The van der Waals surface area contributed by atoms with E-state index in [1.807, 2.05) is 7.05 Å². The van der Waals surface area contributed by atoms with Crippen LogP contribution >= 0.6 is 0 Å². The Bertz CT molecular complexity index is 697. The van der Waals surface area contributed by atoms with Crippen LogP contribution in [-0.2, 0) is 11.8 Å². The zero-order valence-electron chi connectivity index (χ0n) is 18.8. The highest BCUT2D eigenvalue weighted by atomic mass is 14.9. The fourth-order valence-corrected chi connectivity index (χ4v) is 4.51. The molecule has 0 aliphatic heterocycles. The number of nitrogens with one attached hydrogen (secondary N) is 1. The second-order valence-corrected chi connectivity index (χ2v) is 8.52. The zero-order valence-corrected chi connectivity index (χ0v) is 18.8. The first-order valence-electron chi connectivity index (χ1n) is 11.6. The highest BCUT2D eigenvalue weighted by Crippen LogP contribution is 2.49. The van der Waals surface area contributed by atoms with Gasteiger partial charge >= 0.3 is 0 Å². The van der Waals surface area contributed by atoms with E-state index in [2.05, 4.69) is 56.6 Å². The molecule has 28 heavy (non-hydrogen) atoms. The normalized spacial score (nSPS) is 14.7. The summed E-state index contributed by atoms with van der Waals surface area (Å²) in [7, 11) is 2.00. The summed E-state index contributed by atoms with van der Waals surface area (Å²) >= 11 is 0. The Morgan fingerprint density at radius 3 is 2.32 bits per heavy atom. The minimum Gasteiger partial charge on any atom is -0.391 e. The summed E-state index contributed by atoms with van der Waals surface area (Å²) in [5.74, 6) is 6.93. The van der Waals surface area contributed by atoms with Gasteiger partial charge in [0.05, 0.1) is 0 Å². The monoisotopic (exact) mass is 379 g/mol. The molecule has 1 fully saturated rings. The van der Waals surface area contributed by atoms with Crippen LogP contribution in [0.4, 0.5) is 0 Å². The number of benzene rings is 1. The van der Waals surface area contributed by atoms with E-state index in [0.717, 1.165) is 12.8 Å². The maximum absolute atomic E-state index is 4.33. The first-order valence-corrected chi connectivity index (χ1v) is 11.6. The van der Waals surface area contributed by atoms with Gasteiger partial charge in [0, 0.05) is 30.1 Å². The van der Waals surface area contributed by atoms with Gasteiger partial charge in [-0.1, -0.05) is 83.3 Å². The molecule has 0 atom stereocenters. The molecule has 1 aliphatic carbocycles. The summed E-state index contributed by atoms with van der Waals surface area (Å²) < 4.78 is 0. The standard InChI is InChI=1S/C27H41N/c1-6-8-9-10-11-12-13-14-15-17-25-20-22(3)26(21-24(25)7-2)27(18-16-19-27)23(4)28-5/h20-21,28H,4,6-14,16,18-19H2,1-3,5H3. The lowest BCUT2D eigenvalue weighted by atomic mass is 9.61. The molecule has 0 heterocycles. The van der Waals surface area contributed by atoms with E-state index in [-0.39, 0.29) is 5.41 Å². The molecule has 2 rings (SSSR count). The highest BCUT2D eigenvalue weighted by molar-refractivity contribution is 5.52. The lowest BCUT2D eigenvalue weighted by Crippen LogP contribution is -2.41. The highest BCUT2D eigenvalue weighted by Gasteiger charge is 2.42. The summed E-state index contributed by atoms with van der Waals surface area (Å²) in [6, 6.07) is 4.75. The van der Waals surface area contributed by atoms with Crippen LogP contribution in [-0.4, -0.2) is 7.05 Å². The van der Waals surface area contributed by atoms with Gasteiger partial charge in [-0.2, -0.15) is 0 Å². The molecule has 0 spiro atoms. The summed E-state index contributed by atoms with van der Waals surface area (Å²) in [5, 5.41) is 3.33. The average molecular weight is 380 g/mol. The van der Waals surface area contributed by atoms with Gasteiger partial charge in [-0.25, -0.2) is 0 Å². The van der Waals surface area contributed by atoms with Crippen LogP contribution in [0, 0.1) is 18.8 Å². The van der Waals surface area contributed by atoms with Gasteiger partial charge in [0.15, 0.2) is 0 Å². The van der Waals surface area contributed by atoms with E-state index in [1.165, 1.54) is 92.2 Å². The number of hydrogen-bond donors (Lipinski definition) is 1. The summed E-state index contributed by atoms with van der Waals surface area (Å²) in [6.07, 6.45) is 15.2. The zero-order chi connectivity index (χ0) is 20.4. The number of hydrogen-bond acceptors (Lipinski definition) is 1. The SMILES string of the molecule is C=C(NC)C1(c2cc(CC)c(C#CCCCCCCCCC)cc2C)CCC1. The number of allylic oxidation sites excluding steroid dienone is 1. The van der Waals surface area contributed by atoms with E-state index >= 15 is 0 Å². The summed E-state index contributed by atoms with van der Waals surface area (Å²) in [4.78, 5) is 0. The Morgan fingerprint density at radius 1 is 1.07 bits per heavy atom. The van der Waals surface area contributed by atoms with Gasteiger partial charge in [0.25, 0.3) is 0 Å². The fourth-order valence-electron chi connectivity index (χ4n) is 4.51. The van der Waals surface area contributed by atoms with Crippen LogP contribution < -0.4 is 5.32 Å². The van der Waals surface area contributed by atoms with Gasteiger partial charge in [-0.15, -0.1) is 0 Å². The topological polar surface area (TPSA) is 12.0 Å². The van der Waals surface area contributed by atoms with E-state index < -0.39 is 0 Å². The third-order valence-electron chi connectivity index (χ3n) is 6.56. The Balaban J connectivity index is 2.01. The molecule has 1 heteroatoms. The van der Waals surface area contributed by atoms with Crippen molar-refractivity contribution in [2.24, 2.45) is 0 Å². The van der Waals surface area contributed by atoms with Crippen LogP contribution in [0.25, 0.3) is 0 Å². The third-order valence-corrected chi connectivity index (χ3v) is 6.56. The molecule has 1 saturated carbocycles. The Kier molecular flexibility index (Phi) is 9.17. The van der Waals surface area contributed by atoms with E-state index in [0.29, 0.717) is 0 Å². The van der Waals surface area contributed by atoms with Crippen LogP contribution in [0.5, 0.6) is 0 Å². The molecule has 0 aromatic heterocycles. The van der Waals surface area contributed by atoms with Crippen molar-refractivity contribution >= 4 is 0 Å². The van der Waals surface area contributed by atoms with Crippen LogP contribution in [0.2, 0.25) is 0 Å². The lowest BCUT2D eigenvalue weighted by molar-refractivity contribution is 0.282. The van der Waals surface area contributed by atoms with Gasteiger partial charge in [-0.05, 0) is 55.4 Å². The number of unbranched alkanes of at least 4 members (excludes halogenated alkanes) is 7. The second-order valence-electron chi connectivity index (χ2n) is 8.52. The maximum atomic E-state index is 4.33.